The van der Waals surface area contributed by atoms with Gasteiger partial charge in [0.05, 0.1) is 30.7 Å². The fourth-order valence-corrected chi connectivity index (χ4v) is 2.55. The third kappa shape index (κ3) is 1.60. The van der Waals surface area contributed by atoms with E-state index in [4.69, 9.17) is 10.5 Å². The normalized spacial score (nSPS) is 15.6. The number of nitrogens with zero attached hydrogens (tertiary/aromatic N) is 2. The number of hydrogen-bond acceptors (Lipinski definition) is 3. The van der Waals surface area contributed by atoms with Crippen LogP contribution in [0.1, 0.15) is 18.4 Å². The Balaban J connectivity index is 2.64. The molecule has 0 atom stereocenters. The molecular formula is C12H8BrN3O. The molecule has 1 amide bonds. The molecule has 1 aromatic rings. The molecule has 0 fully saturated rings. The summed E-state index contributed by atoms with van der Waals surface area (Å²) in [7, 11) is 0. The van der Waals surface area contributed by atoms with E-state index >= 15 is 0 Å². The lowest BCUT2D eigenvalue weighted by Crippen LogP contribution is -2.33. The van der Waals surface area contributed by atoms with Gasteiger partial charge in [0.2, 0.25) is 5.91 Å². The largest absolute Gasteiger partial charge is 0.324 e. The van der Waals surface area contributed by atoms with Gasteiger partial charge in [-0.15, -0.1) is 0 Å². The van der Waals surface area contributed by atoms with Crippen molar-refractivity contribution >= 4 is 27.5 Å². The number of fused-ring (bicyclic) bond motifs is 1. The minimum Gasteiger partial charge on any atom is -0.324 e. The highest BCUT2D eigenvalue weighted by Crippen LogP contribution is 2.45. The van der Waals surface area contributed by atoms with Gasteiger partial charge < -0.3 is 5.32 Å². The lowest BCUT2D eigenvalue weighted by atomic mass is 9.77. The first-order chi connectivity index (χ1) is 8.15. The van der Waals surface area contributed by atoms with Crippen LogP contribution in [0.15, 0.2) is 22.7 Å². The van der Waals surface area contributed by atoms with Gasteiger partial charge in [0, 0.05) is 4.47 Å². The maximum absolute atomic E-state index is 12.1. The summed E-state index contributed by atoms with van der Waals surface area (Å²) < 4.78 is 0.765. The van der Waals surface area contributed by atoms with E-state index in [2.05, 4.69) is 21.2 Å². The van der Waals surface area contributed by atoms with Gasteiger partial charge in [0.1, 0.15) is 5.41 Å². The van der Waals surface area contributed by atoms with Crippen LogP contribution in [0.25, 0.3) is 0 Å². The van der Waals surface area contributed by atoms with Crippen LogP contribution in [0.4, 0.5) is 5.69 Å². The zero-order valence-electron chi connectivity index (χ0n) is 8.83. The Bertz CT molecular complexity index is 552. The summed E-state index contributed by atoms with van der Waals surface area (Å²) in [6, 6.07) is 9.39. The van der Waals surface area contributed by atoms with Crippen molar-refractivity contribution in [1.29, 1.82) is 10.5 Å². The molecule has 17 heavy (non-hydrogen) atoms. The van der Waals surface area contributed by atoms with Gasteiger partial charge in [-0.2, -0.15) is 10.5 Å². The van der Waals surface area contributed by atoms with Crippen molar-refractivity contribution in [2.75, 3.05) is 5.32 Å². The monoisotopic (exact) mass is 289 g/mol. The van der Waals surface area contributed by atoms with Gasteiger partial charge in [0.25, 0.3) is 0 Å². The molecule has 0 saturated carbocycles. The van der Waals surface area contributed by atoms with E-state index in [0.717, 1.165) is 10.0 Å². The van der Waals surface area contributed by atoms with Crippen molar-refractivity contribution in [1.82, 2.24) is 0 Å². The number of rotatable bonds is 2. The molecule has 0 radical (unpaired) electrons. The Hall–Kier alpha value is -1.85. The summed E-state index contributed by atoms with van der Waals surface area (Å²) in [4.78, 5) is 12.1. The van der Waals surface area contributed by atoms with E-state index in [-0.39, 0.29) is 18.7 Å². The fourth-order valence-electron chi connectivity index (χ4n) is 2.09. The quantitative estimate of drug-likeness (QED) is 0.908. The summed E-state index contributed by atoms with van der Waals surface area (Å²) in [6.07, 6.45) is 0.0195. The Labute approximate surface area is 107 Å². The molecule has 5 heteroatoms. The molecular weight excluding hydrogens is 282 g/mol. The number of nitrogens with one attached hydrogen (secondary N) is 1. The standard InChI is InChI=1S/C12H8BrN3O/c13-9-3-1-2-8-10(9)16-11(17)12(8,4-6-14)5-7-15/h1-3H,4-5H2,(H,16,17). The Morgan fingerprint density at radius 2 is 1.94 bits per heavy atom. The average molecular weight is 290 g/mol. The third-order valence-corrected chi connectivity index (χ3v) is 3.62. The molecule has 2 rings (SSSR count). The maximum atomic E-state index is 12.1. The first-order valence-corrected chi connectivity index (χ1v) is 5.79. The number of benzene rings is 1. The molecule has 0 saturated heterocycles. The predicted molar refractivity (Wildman–Crippen MR) is 64.9 cm³/mol. The van der Waals surface area contributed by atoms with Crippen LogP contribution >= 0.6 is 15.9 Å². The van der Waals surface area contributed by atoms with Crippen LogP contribution in [0.5, 0.6) is 0 Å². The van der Waals surface area contributed by atoms with Crippen molar-refractivity contribution in [2.24, 2.45) is 0 Å². The van der Waals surface area contributed by atoms with Crippen molar-refractivity contribution in [2.45, 2.75) is 18.3 Å². The summed E-state index contributed by atoms with van der Waals surface area (Å²) >= 11 is 3.35. The topological polar surface area (TPSA) is 76.7 Å². The van der Waals surface area contributed by atoms with Crippen LogP contribution in [-0.4, -0.2) is 5.91 Å². The highest BCUT2D eigenvalue weighted by atomic mass is 79.9. The molecule has 84 valence electrons. The minimum atomic E-state index is -1.03. The summed E-state index contributed by atoms with van der Waals surface area (Å²) in [5, 5.41) is 20.5. The highest BCUT2D eigenvalue weighted by molar-refractivity contribution is 9.10. The second kappa shape index (κ2) is 4.20. The zero-order chi connectivity index (χ0) is 12.5. The van der Waals surface area contributed by atoms with Gasteiger partial charge >= 0.3 is 0 Å². The minimum absolute atomic E-state index is 0.00977. The van der Waals surface area contributed by atoms with Gasteiger partial charge in [-0.25, -0.2) is 0 Å². The van der Waals surface area contributed by atoms with Crippen molar-refractivity contribution in [3.8, 4) is 12.1 Å². The van der Waals surface area contributed by atoms with Gasteiger partial charge in [-0.1, -0.05) is 12.1 Å². The molecule has 1 N–H and O–H groups in total. The molecule has 1 aliphatic rings. The number of carbonyl (C=O) groups is 1. The average Bonchev–Trinajstić information content (AvgIpc) is 2.56. The Morgan fingerprint density at radius 1 is 1.29 bits per heavy atom. The lowest BCUT2D eigenvalue weighted by molar-refractivity contribution is -0.120. The summed E-state index contributed by atoms with van der Waals surface area (Å²) in [5.74, 6) is -0.275. The summed E-state index contributed by atoms with van der Waals surface area (Å²) in [5.41, 5.74) is 0.366. The van der Waals surface area contributed by atoms with E-state index in [1.54, 1.807) is 12.1 Å². The molecule has 1 aliphatic heterocycles. The van der Waals surface area contributed by atoms with Crippen LogP contribution in [0, 0.1) is 22.7 Å². The third-order valence-electron chi connectivity index (χ3n) is 2.96. The van der Waals surface area contributed by atoms with E-state index < -0.39 is 5.41 Å². The van der Waals surface area contributed by atoms with Crippen LogP contribution in [0.3, 0.4) is 0 Å². The number of para-hydroxylation sites is 1. The number of amides is 1. The van der Waals surface area contributed by atoms with E-state index in [1.807, 2.05) is 18.2 Å². The first kappa shape index (κ1) is 11.6. The summed E-state index contributed by atoms with van der Waals surface area (Å²) in [6.45, 7) is 0. The van der Waals surface area contributed by atoms with Crippen LogP contribution in [-0.2, 0) is 10.2 Å². The lowest BCUT2D eigenvalue weighted by Gasteiger charge is -2.20. The zero-order valence-corrected chi connectivity index (χ0v) is 10.4. The molecule has 4 nitrogen and oxygen atoms in total. The fraction of sp³-hybridized carbons (Fsp3) is 0.250. The van der Waals surface area contributed by atoms with Crippen molar-refractivity contribution in [3.63, 3.8) is 0 Å². The second-order valence-corrected chi connectivity index (χ2v) is 4.72. The maximum Gasteiger partial charge on any atom is 0.237 e. The smallest absolute Gasteiger partial charge is 0.237 e. The van der Waals surface area contributed by atoms with Crippen LogP contribution < -0.4 is 5.32 Å². The van der Waals surface area contributed by atoms with Crippen molar-refractivity contribution < 1.29 is 4.79 Å². The number of nitriles is 2. The van der Waals surface area contributed by atoms with Gasteiger partial charge in [-0.05, 0) is 27.6 Å². The SMILES string of the molecule is N#CCC1(CC#N)C(=O)Nc2c(Br)cccc21. The van der Waals surface area contributed by atoms with E-state index in [0.29, 0.717) is 5.69 Å². The molecule has 1 aromatic carbocycles. The Kier molecular flexibility index (Phi) is 2.87. The highest BCUT2D eigenvalue weighted by Gasteiger charge is 2.47. The van der Waals surface area contributed by atoms with E-state index in [1.165, 1.54) is 0 Å². The number of carbonyl (C=O) groups excluding carboxylic acids is 1. The predicted octanol–water partition coefficient (Wildman–Crippen LogP) is 2.47. The van der Waals surface area contributed by atoms with Crippen molar-refractivity contribution in [3.05, 3.63) is 28.2 Å². The van der Waals surface area contributed by atoms with Crippen LogP contribution in [0.2, 0.25) is 0 Å². The second-order valence-electron chi connectivity index (χ2n) is 3.87. The number of anilines is 1. The molecule has 1 heterocycles. The first-order valence-electron chi connectivity index (χ1n) is 5.00. The number of hydrogen-bond donors (Lipinski definition) is 1. The Morgan fingerprint density at radius 3 is 2.53 bits per heavy atom. The molecule has 0 aliphatic carbocycles. The van der Waals surface area contributed by atoms with Gasteiger partial charge in [-0.3, -0.25) is 4.79 Å². The molecule has 0 bridgehead atoms. The molecule has 0 unspecified atom stereocenters. The van der Waals surface area contributed by atoms with E-state index in [9.17, 15) is 4.79 Å². The van der Waals surface area contributed by atoms with Gasteiger partial charge in [0.15, 0.2) is 0 Å². The molecule has 0 spiro atoms. The number of halogens is 1. The molecule has 0 aromatic heterocycles.